The molecule has 17 heavy (non-hydrogen) atoms. The second-order valence-corrected chi connectivity index (χ2v) is 5.35. The minimum atomic E-state index is -3.75. The SMILES string of the molecule is C[C@@H](N)CNS(=O)(=O)c1cccc([N+](=O)[O-])c1. The van der Waals surface area contributed by atoms with Gasteiger partial charge in [0.25, 0.3) is 5.69 Å². The Morgan fingerprint density at radius 1 is 1.53 bits per heavy atom. The molecule has 94 valence electrons. The van der Waals surface area contributed by atoms with E-state index in [0.717, 1.165) is 6.07 Å². The molecule has 3 N–H and O–H groups in total. The van der Waals surface area contributed by atoms with E-state index in [4.69, 9.17) is 5.73 Å². The topological polar surface area (TPSA) is 115 Å². The van der Waals surface area contributed by atoms with Crippen LogP contribution in [0.2, 0.25) is 0 Å². The van der Waals surface area contributed by atoms with Crippen molar-refractivity contribution in [2.75, 3.05) is 6.54 Å². The van der Waals surface area contributed by atoms with Gasteiger partial charge in [-0.1, -0.05) is 6.07 Å². The summed E-state index contributed by atoms with van der Waals surface area (Å²) in [6.45, 7) is 1.72. The molecule has 0 bridgehead atoms. The van der Waals surface area contributed by atoms with Gasteiger partial charge in [-0.15, -0.1) is 0 Å². The van der Waals surface area contributed by atoms with Crippen LogP contribution in [0.1, 0.15) is 6.92 Å². The van der Waals surface area contributed by atoms with E-state index < -0.39 is 14.9 Å². The first-order chi connectivity index (χ1) is 7.83. The van der Waals surface area contributed by atoms with Crippen LogP contribution in [0.4, 0.5) is 5.69 Å². The van der Waals surface area contributed by atoms with Gasteiger partial charge in [0.2, 0.25) is 10.0 Å². The average molecular weight is 259 g/mol. The monoisotopic (exact) mass is 259 g/mol. The Bertz CT molecular complexity index is 513. The Hall–Kier alpha value is -1.51. The summed E-state index contributed by atoms with van der Waals surface area (Å²) in [5.41, 5.74) is 5.15. The third kappa shape index (κ3) is 3.77. The van der Waals surface area contributed by atoms with E-state index >= 15 is 0 Å². The van der Waals surface area contributed by atoms with Crippen molar-refractivity contribution in [3.8, 4) is 0 Å². The molecular formula is C9H13N3O4S. The smallest absolute Gasteiger partial charge is 0.270 e. The van der Waals surface area contributed by atoms with E-state index in [1.807, 2.05) is 0 Å². The maximum Gasteiger partial charge on any atom is 0.270 e. The molecule has 0 aliphatic rings. The van der Waals surface area contributed by atoms with E-state index in [-0.39, 0.29) is 23.2 Å². The Balaban J connectivity index is 2.99. The number of benzene rings is 1. The van der Waals surface area contributed by atoms with Crippen molar-refractivity contribution in [3.05, 3.63) is 34.4 Å². The number of nitro groups is 1. The van der Waals surface area contributed by atoms with E-state index in [9.17, 15) is 18.5 Å². The minimum absolute atomic E-state index is 0.0744. The highest BCUT2D eigenvalue weighted by Crippen LogP contribution is 2.16. The zero-order valence-electron chi connectivity index (χ0n) is 9.16. The molecule has 0 unspecified atom stereocenters. The molecule has 0 aliphatic heterocycles. The molecule has 0 saturated carbocycles. The maximum absolute atomic E-state index is 11.7. The first-order valence-electron chi connectivity index (χ1n) is 4.82. The summed E-state index contributed by atoms with van der Waals surface area (Å²) in [7, 11) is -3.75. The fourth-order valence-corrected chi connectivity index (χ4v) is 2.27. The zero-order valence-corrected chi connectivity index (χ0v) is 9.98. The highest BCUT2D eigenvalue weighted by Gasteiger charge is 2.17. The van der Waals surface area contributed by atoms with E-state index in [1.54, 1.807) is 6.92 Å². The molecule has 1 aromatic rings. The van der Waals surface area contributed by atoms with Crippen LogP contribution in [0.15, 0.2) is 29.2 Å². The summed E-state index contributed by atoms with van der Waals surface area (Å²) in [4.78, 5) is 9.72. The summed E-state index contributed by atoms with van der Waals surface area (Å²) in [5.74, 6) is 0. The van der Waals surface area contributed by atoms with Crippen molar-refractivity contribution < 1.29 is 13.3 Å². The quantitative estimate of drug-likeness (QED) is 0.579. The largest absolute Gasteiger partial charge is 0.327 e. The molecule has 0 amide bonds. The number of nitrogens with zero attached hydrogens (tertiary/aromatic N) is 1. The molecule has 0 spiro atoms. The lowest BCUT2D eigenvalue weighted by molar-refractivity contribution is -0.385. The van der Waals surface area contributed by atoms with Gasteiger partial charge in [-0.3, -0.25) is 10.1 Å². The fraction of sp³-hybridized carbons (Fsp3) is 0.333. The number of nitrogens with two attached hydrogens (primary N) is 1. The van der Waals surface area contributed by atoms with Gasteiger partial charge in [0.15, 0.2) is 0 Å². The average Bonchev–Trinajstić information content (AvgIpc) is 2.27. The third-order valence-corrected chi connectivity index (χ3v) is 3.36. The number of non-ortho nitro benzene ring substituents is 1. The Morgan fingerprint density at radius 3 is 2.71 bits per heavy atom. The molecule has 0 aliphatic carbocycles. The fourth-order valence-electron chi connectivity index (χ4n) is 1.09. The first kappa shape index (κ1) is 13.6. The Kier molecular flexibility index (Phi) is 4.16. The van der Waals surface area contributed by atoms with E-state index in [1.165, 1.54) is 18.2 Å². The number of hydrogen-bond donors (Lipinski definition) is 2. The van der Waals surface area contributed by atoms with Crippen LogP contribution in [0.3, 0.4) is 0 Å². The number of nitrogens with one attached hydrogen (secondary N) is 1. The van der Waals surface area contributed by atoms with Crippen LogP contribution >= 0.6 is 0 Å². The molecule has 7 nitrogen and oxygen atoms in total. The van der Waals surface area contributed by atoms with Crippen LogP contribution in [-0.2, 0) is 10.0 Å². The van der Waals surface area contributed by atoms with Gasteiger partial charge >= 0.3 is 0 Å². The third-order valence-electron chi connectivity index (χ3n) is 1.93. The van der Waals surface area contributed by atoms with Crippen LogP contribution in [0.25, 0.3) is 0 Å². The van der Waals surface area contributed by atoms with Crippen molar-refractivity contribution in [1.29, 1.82) is 0 Å². The van der Waals surface area contributed by atoms with Crippen LogP contribution in [0.5, 0.6) is 0 Å². The Morgan fingerprint density at radius 2 is 2.18 bits per heavy atom. The molecular weight excluding hydrogens is 246 g/mol. The molecule has 0 heterocycles. The van der Waals surface area contributed by atoms with Crippen LogP contribution in [-0.4, -0.2) is 25.9 Å². The molecule has 0 fully saturated rings. The number of nitro benzene ring substituents is 1. The maximum atomic E-state index is 11.7. The molecule has 1 aromatic carbocycles. The van der Waals surface area contributed by atoms with Gasteiger partial charge in [-0.25, -0.2) is 13.1 Å². The van der Waals surface area contributed by atoms with Gasteiger partial charge in [-0.2, -0.15) is 0 Å². The summed E-state index contributed by atoms with van der Waals surface area (Å²) < 4.78 is 25.7. The number of hydrogen-bond acceptors (Lipinski definition) is 5. The Labute approximate surface area is 98.8 Å². The van der Waals surface area contributed by atoms with Gasteiger partial charge < -0.3 is 5.73 Å². The predicted molar refractivity (Wildman–Crippen MR) is 61.9 cm³/mol. The van der Waals surface area contributed by atoms with Crippen molar-refractivity contribution >= 4 is 15.7 Å². The normalized spacial score (nSPS) is 13.3. The van der Waals surface area contributed by atoms with Crippen LogP contribution in [0, 0.1) is 10.1 Å². The second-order valence-electron chi connectivity index (χ2n) is 3.58. The van der Waals surface area contributed by atoms with Crippen molar-refractivity contribution in [3.63, 3.8) is 0 Å². The number of rotatable bonds is 5. The minimum Gasteiger partial charge on any atom is -0.327 e. The molecule has 1 rings (SSSR count). The van der Waals surface area contributed by atoms with Gasteiger partial charge in [0.05, 0.1) is 9.82 Å². The lowest BCUT2D eigenvalue weighted by Gasteiger charge is -2.08. The van der Waals surface area contributed by atoms with Crippen molar-refractivity contribution in [2.24, 2.45) is 5.73 Å². The summed E-state index contributed by atoms with van der Waals surface area (Å²) in [6.07, 6.45) is 0. The summed E-state index contributed by atoms with van der Waals surface area (Å²) in [5, 5.41) is 10.5. The molecule has 0 radical (unpaired) electrons. The van der Waals surface area contributed by atoms with Gasteiger partial charge in [0.1, 0.15) is 0 Å². The van der Waals surface area contributed by atoms with Gasteiger partial charge in [-0.05, 0) is 13.0 Å². The van der Waals surface area contributed by atoms with Crippen molar-refractivity contribution in [2.45, 2.75) is 17.9 Å². The number of sulfonamides is 1. The summed E-state index contributed by atoms with van der Waals surface area (Å²) >= 11 is 0. The molecule has 0 saturated heterocycles. The van der Waals surface area contributed by atoms with E-state index in [0.29, 0.717) is 0 Å². The summed E-state index contributed by atoms with van der Waals surface area (Å²) in [6, 6.07) is 4.51. The molecule has 0 aromatic heterocycles. The molecule has 8 heteroatoms. The highest BCUT2D eigenvalue weighted by atomic mass is 32.2. The standard InChI is InChI=1S/C9H13N3O4S/c1-7(10)6-11-17(15,16)9-4-2-3-8(5-9)12(13)14/h2-5,7,11H,6,10H2,1H3/t7-/m1/s1. The lowest BCUT2D eigenvalue weighted by Crippen LogP contribution is -2.35. The second kappa shape index (κ2) is 5.21. The van der Waals surface area contributed by atoms with Crippen molar-refractivity contribution in [1.82, 2.24) is 4.72 Å². The predicted octanol–water partition coefficient (Wildman–Crippen LogP) is 0.220. The van der Waals surface area contributed by atoms with Gasteiger partial charge in [0, 0.05) is 24.7 Å². The van der Waals surface area contributed by atoms with E-state index in [2.05, 4.69) is 4.72 Å². The zero-order chi connectivity index (χ0) is 13.1. The van der Waals surface area contributed by atoms with Crippen LogP contribution < -0.4 is 10.5 Å². The first-order valence-corrected chi connectivity index (χ1v) is 6.31. The molecule has 1 atom stereocenters. The highest BCUT2D eigenvalue weighted by molar-refractivity contribution is 7.89. The lowest BCUT2D eigenvalue weighted by atomic mass is 10.3.